The molecule has 0 amide bonds. The first-order chi connectivity index (χ1) is 7.57. The summed E-state index contributed by atoms with van der Waals surface area (Å²) in [6.45, 7) is 10.4. The predicted molar refractivity (Wildman–Crippen MR) is 66.4 cm³/mol. The molecule has 2 fully saturated rings. The van der Waals surface area contributed by atoms with Crippen LogP contribution >= 0.6 is 0 Å². The zero-order chi connectivity index (χ0) is 11.8. The lowest BCUT2D eigenvalue weighted by molar-refractivity contribution is -0.112. The monoisotopic (exact) mass is 226 g/mol. The fourth-order valence-corrected chi connectivity index (χ4v) is 3.43. The van der Waals surface area contributed by atoms with Crippen molar-refractivity contribution >= 4 is 0 Å². The van der Waals surface area contributed by atoms with Crippen LogP contribution in [-0.4, -0.2) is 42.3 Å². The lowest BCUT2D eigenvalue weighted by atomic mass is 9.83. The van der Waals surface area contributed by atoms with Gasteiger partial charge < -0.3 is 10.5 Å². The Bertz CT molecular complexity index is 244. The van der Waals surface area contributed by atoms with Gasteiger partial charge in [-0.3, -0.25) is 4.90 Å². The Hall–Kier alpha value is -0.120. The second kappa shape index (κ2) is 4.28. The van der Waals surface area contributed by atoms with Gasteiger partial charge in [0.25, 0.3) is 0 Å². The van der Waals surface area contributed by atoms with Crippen molar-refractivity contribution in [3.8, 4) is 0 Å². The van der Waals surface area contributed by atoms with Crippen LogP contribution in [0.3, 0.4) is 0 Å². The summed E-state index contributed by atoms with van der Waals surface area (Å²) in [5, 5.41) is 0. The van der Waals surface area contributed by atoms with Gasteiger partial charge in [0, 0.05) is 24.2 Å². The van der Waals surface area contributed by atoms with E-state index in [0.29, 0.717) is 0 Å². The van der Waals surface area contributed by atoms with Crippen molar-refractivity contribution in [2.45, 2.75) is 51.1 Å². The minimum Gasteiger partial charge on any atom is -0.378 e. The fraction of sp³-hybridized carbons (Fsp3) is 1.00. The maximum atomic E-state index is 6.13. The van der Waals surface area contributed by atoms with Crippen molar-refractivity contribution in [2.75, 3.05) is 26.3 Å². The molecule has 1 heterocycles. The van der Waals surface area contributed by atoms with E-state index in [2.05, 4.69) is 25.7 Å². The molecule has 1 aliphatic carbocycles. The van der Waals surface area contributed by atoms with Gasteiger partial charge in [0.2, 0.25) is 0 Å². The van der Waals surface area contributed by atoms with Crippen molar-refractivity contribution in [1.29, 1.82) is 0 Å². The third-order valence-corrected chi connectivity index (χ3v) is 4.49. The largest absolute Gasteiger partial charge is 0.378 e. The molecule has 1 atom stereocenters. The first-order valence-electron chi connectivity index (χ1n) is 6.62. The molecule has 0 spiro atoms. The van der Waals surface area contributed by atoms with Gasteiger partial charge in [-0.15, -0.1) is 0 Å². The average Bonchev–Trinajstić information content (AvgIpc) is 3.07. The van der Waals surface area contributed by atoms with Crippen LogP contribution in [0, 0.1) is 5.92 Å². The van der Waals surface area contributed by atoms with Gasteiger partial charge in [0.1, 0.15) is 0 Å². The molecule has 94 valence electrons. The summed E-state index contributed by atoms with van der Waals surface area (Å²) in [5.74, 6) is 0.819. The maximum absolute atomic E-state index is 6.13. The van der Waals surface area contributed by atoms with Gasteiger partial charge in [-0.05, 0) is 39.0 Å². The summed E-state index contributed by atoms with van der Waals surface area (Å²) >= 11 is 0. The molecule has 16 heavy (non-hydrogen) atoms. The Labute approximate surface area is 99.3 Å². The number of morpholine rings is 1. The van der Waals surface area contributed by atoms with Crippen LogP contribution in [0.5, 0.6) is 0 Å². The molecule has 1 saturated heterocycles. The molecule has 0 bridgehead atoms. The van der Waals surface area contributed by atoms with E-state index in [0.717, 1.165) is 38.6 Å². The van der Waals surface area contributed by atoms with Crippen molar-refractivity contribution in [1.82, 2.24) is 4.90 Å². The molecule has 0 radical (unpaired) electrons. The molecular weight excluding hydrogens is 200 g/mol. The van der Waals surface area contributed by atoms with E-state index in [1.54, 1.807) is 0 Å². The van der Waals surface area contributed by atoms with Crippen LogP contribution in [0.15, 0.2) is 0 Å². The highest BCUT2D eigenvalue weighted by molar-refractivity contribution is 5.07. The molecule has 2 N–H and O–H groups in total. The second-order valence-corrected chi connectivity index (χ2v) is 5.95. The maximum Gasteiger partial charge on any atom is 0.0645 e. The number of hydrogen-bond donors (Lipinski definition) is 1. The van der Waals surface area contributed by atoms with Gasteiger partial charge in [0.05, 0.1) is 13.2 Å². The van der Waals surface area contributed by atoms with E-state index in [1.165, 1.54) is 12.8 Å². The lowest BCUT2D eigenvalue weighted by Crippen LogP contribution is -2.66. The molecule has 1 unspecified atom stereocenters. The van der Waals surface area contributed by atoms with Crippen LogP contribution in [0.1, 0.15) is 40.0 Å². The molecule has 1 aliphatic heterocycles. The highest BCUT2D eigenvalue weighted by atomic mass is 16.5. The lowest BCUT2D eigenvalue weighted by Gasteiger charge is -2.54. The number of ether oxygens (including phenoxy) is 1. The fourth-order valence-electron chi connectivity index (χ4n) is 3.43. The van der Waals surface area contributed by atoms with Crippen molar-refractivity contribution in [3.63, 3.8) is 0 Å². The zero-order valence-corrected chi connectivity index (χ0v) is 11.0. The van der Waals surface area contributed by atoms with Crippen LogP contribution in [0.25, 0.3) is 0 Å². The molecule has 2 aliphatic rings. The summed E-state index contributed by atoms with van der Waals surface area (Å²) in [6.07, 6.45) is 3.88. The van der Waals surface area contributed by atoms with Gasteiger partial charge in [-0.2, -0.15) is 0 Å². The molecular formula is C13H26N2O. The summed E-state index contributed by atoms with van der Waals surface area (Å²) in [6, 6.07) is 0. The van der Waals surface area contributed by atoms with E-state index < -0.39 is 0 Å². The molecule has 0 aromatic rings. The standard InChI is InChI=1S/C13H26N2O/c1-4-13(9-14,11-5-6-11)15-7-8-16-10-12(15,2)3/h11H,4-10,14H2,1-3H3. The average molecular weight is 226 g/mol. The predicted octanol–water partition coefficient (Wildman–Crippen LogP) is 1.61. The first-order valence-corrected chi connectivity index (χ1v) is 6.62. The van der Waals surface area contributed by atoms with Crippen LogP contribution in [-0.2, 0) is 4.74 Å². The zero-order valence-electron chi connectivity index (χ0n) is 11.0. The van der Waals surface area contributed by atoms with Gasteiger partial charge in [0.15, 0.2) is 0 Å². The highest BCUT2D eigenvalue weighted by Gasteiger charge is 2.51. The van der Waals surface area contributed by atoms with Crippen LogP contribution in [0.2, 0.25) is 0 Å². The van der Waals surface area contributed by atoms with E-state index >= 15 is 0 Å². The normalized spacial score (nSPS) is 30.0. The summed E-state index contributed by atoms with van der Waals surface area (Å²) in [5.41, 5.74) is 6.49. The third-order valence-electron chi connectivity index (χ3n) is 4.49. The summed E-state index contributed by atoms with van der Waals surface area (Å²) < 4.78 is 5.62. The Kier molecular flexibility index (Phi) is 3.30. The van der Waals surface area contributed by atoms with Crippen LogP contribution < -0.4 is 5.73 Å². The minimum absolute atomic E-state index is 0.135. The van der Waals surface area contributed by atoms with E-state index in [4.69, 9.17) is 10.5 Å². The highest BCUT2D eigenvalue weighted by Crippen LogP contribution is 2.47. The molecule has 3 nitrogen and oxygen atoms in total. The number of hydrogen-bond acceptors (Lipinski definition) is 3. The Morgan fingerprint density at radius 2 is 2.12 bits per heavy atom. The summed E-state index contributed by atoms with van der Waals surface area (Å²) in [7, 11) is 0. The van der Waals surface area contributed by atoms with E-state index in [9.17, 15) is 0 Å². The molecule has 0 aromatic heterocycles. The van der Waals surface area contributed by atoms with E-state index in [1.807, 2.05) is 0 Å². The molecule has 0 aromatic carbocycles. The smallest absolute Gasteiger partial charge is 0.0645 e. The molecule has 2 rings (SSSR count). The van der Waals surface area contributed by atoms with E-state index in [-0.39, 0.29) is 11.1 Å². The van der Waals surface area contributed by atoms with Gasteiger partial charge in [-0.1, -0.05) is 6.92 Å². The quantitative estimate of drug-likeness (QED) is 0.791. The summed E-state index contributed by atoms with van der Waals surface area (Å²) in [4.78, 5) is 2.64. The topological polar surface area (TPSA) is 38.5 Å². The second-order valence-electron chi connectivity index (χ2n) is 5.95. The third kappa shape index (κ3) is 1.89. The number of nitrogens with zero attached hydrogens (tertiary/aromatic N) is 1. The SMILES string of the molecule is CCC(CN)(C1CC1)N1CCOCC1(C)C. The Morgan fingerprint density at radius 3 is 2.56 bits per heavy atom. The Balaban J connectivity index is 2.23. The minimum atomic E-state index is 0.135. The number of nitrogens with two attached hydrogens (primary N) is 1. The Morgan fingerprint density at radius 1 is 1.44 bits per heavy atom. The number of rotatable bonds is 4. The van der Waals surface area contributed by atoms with Crippen LogP contribution in [0.4, 0.5) is 0 Å². The van der Waals surface area contributed by atoms with Gasteiger partial charge >= 0.3 is 0 Å². The van der Waals surface area contributed by atoms with Crippen molar-refractivity contribution in [3.05, 3.63) is 0 Å². The first kappa shape index (κ1) is 12.3. The molecule has 1 saturated carbocycles. The van der Waals surface area contributed by atoms with Gasteiger partial charge in [-0.25, -0.2) is 0 Å². The van der Waals surface area contributed by atoms with Crippen molar-refractivity contribution < 1.29 is 4.74 Å². The molecule has 3 heteroatoms. The van der Waals surface area contributed by atoms with Crippen molar-refractivity contribution in [2.24, 2.45) is 11.7 Å².